The molecule has 2 aromatic rings. The number of halogens is 1. The van der Waals surface area contributed by atoms with Gasteiger partial charge < -0.3 is 19.1 Å². The van der Waals surface area contributed by atoms with Crippen molar-refractivity contribution in [3.05, 3.63) is 47.8 Å². The van der Waals surface area contributed by atoms with Gasteiger partial charge >= 0.3 is 0 Å². The summed E-state index contributed by atoms with van der Waals surface area (Å²) in [5, 5.41) is 0. The van der Waals surface area contributed by atoms with E-state index in [0.29, 0.717) is 50.6 Å². The molecule has 0 saturated carbocycles. The normalized spacial score (nSPS) is 17.2. The number of benzene rings is 2. The first kappa shape index (κ1) is 21.6. The molecule has 31 heavy (non-hydrogen) atoms. The molecule has 7 heteroatoms. The number of likely N-dealkylation sites (tertiary alicyclic amines) is 1. The summed E-state index contributed by atoms with van der Waals surface area (Å²) in [5.41, 5.74) is 2.61. The van der Waals surface area contributed by atoms with Gasteiger partial charge in [0.15, 0.2) is 0 Å². The molecule has 0 unspecified atom stereocenters. The number of carbonyl (C=O) groups excluding carboxylic acids is 1. The van der Waals surface area contributed by atoms with Crippen LogP contribution in [0.15, 0.2) is 36.4 Å². The lowest BCUT2D eigenvalue weighted by Gasteiger charge is -2.27. The van der Waals surface area contributed by atoms with Gasteiger partial charge in [-0.15, -0.1) is 0 Å². The van der Waals surface area contributed by atoms with E-state index in [1.165, 1.54) is 12.1 Å². The van der Waals surface area contributed by atoms with Crippen LogP contribution in [0.5, 0.6) is 11.5 Å². The van der Waals surface area contributed by atoms with Gasteiger partial charge in [0.2, 0.25) is 5.91 Å². The third-order valence-corrected chi connectivity index (χ3v) is 5.82. The zero-order valence-electron chi connectivity index (χ0n) is 17.9. The first-order valence-corrected chi connectivity index (χ1v) is 10.8. The number of ether oxygens (including phenoxy) is 3. The number of morpholine rings is 1. The number of carbonyl (C=O) groups is 1. The van der Waals surface area contributed by atoms with Crippen molar-refractivity contribution in [2.45, 2.75) is 19.4 Å². The van der Waals surface area contributed by atoms with E-state index in [4.69, 9.17) is 14.2 Å². The molecular formula is C24H29FN2O4. The van der Waals surface area contributed by atoms with Crippen molar-refractivity contribution in [3.8, 4) is 22.6 Å². The van der Waals surface area contributed by atoms with E-state index in [1.807, 2.05) is 23.1 Å². The Bertz CT molecular complexity index is 914. The Labute approximate surface area is 182 Å². The van der Waals surface area contributed by atoms with Crippen LogP contribution in [-0.2, 0) is 16.1 Å². The Hall–Kier alpha value is -2.64. The predicted molar refractivity (Wildman–Crippen MR) is 116 cm³/mol. The zero-order valence-corrected chi connectivity index (χ0v) is 17.9. The molecule has 2 aliphatic heterocycles. The van der Waals surface area contributed by atoms with Crippen molar-refractivity contribution in [2.75, 3.05) is 53.1 Å². The van der Waals surface area contributed by atoms with E-state index in [2.05, 4.69) is 4.90 Å². The summed E-state index contributed by atoms with van der Waals surface area (Å²) in [4.78, 5) is 16.0. The summed E-state index contributed by atoms with van der Waals surface area (Å²) < 4.78 is 30.9. The maximum Gasteiger partial charge on any atom is 0.222 e. The standard InChI is InChI=1S/C24H29FN2O4/c1-29-23-7-5-20(25)16-21(23)18-4-6-22(31-14-11-27-8-2-3-24(27)28)19(15-18)17-26-9-12-30-13-10-26/h4-7,15-16H,2-3,8-14,17H2,1H3. The summed E-state index contributed by atoms with van der Waals surface area (Å²) in [7, 11) is 1.59. The number of hydrogen-bond donors (Lipinski definition) is 0. The van der Waals surface area contributed by atoms with Crippen molar-refractivity contribution >= 4 is 5.91 Å². The third-order valence-electron chi connectivity index (χ3n) is 5.82. The summed E-state index contributed by atoms with van der Waals surface area (Å²) in [6.07, 6.45) is 1.55. The Morgan fingerprint density at radius 2 is 1.87 bits per heavy atom. The summed E-state index contributed by atoms with van der Waals surface area (Å²) >= 11 is 0. The molecule has 2 aliphatic rings. The van der Waals surface area contributed by atoms with E-state index >= 15 is 0 Å². The number of hydrogen-bond acceptors (Lipinski definition) is 5. The van der Waals surface area contributed by atoms with Crippen LogP contribution in [0.3, 0.4) is 0 Å². The molecule has 2 fully saturated rings. The van der Waals surface area contributed by atoms with Crippen LogP contribution < -0.4 is 9.47 Å². The van der Waals surface area contributed by atoms with E-state index < -0.39 is 0 Å². The van der Waals surface area contributed by atoms with Crippen molar-refractivity contribution in [1.29, 1.82) is 0 Å². The molecule has 2 saturated heterocycles. The van der Waals surface area contributed by atoms with E-state index in [0.717, 1.165) is 42.9 Å². The largest absolute Gasteiger partial charge is 0.496 e. The molecule has 0 radical (unpaired) electrons. The SMILES string of the molecule is COc1ccc(F)cc1-c1ccc(OCCN2CCCC2=O)c(CN2CCOCC2)c1. The van der Waals surface area contributed by atoms with Crippen LogP contribution in [-0.4, -0.2) is 68.8 Å². The second kappa shape index (κ2) is 10.1. The topological polar surface area (TPSA) is 51.2 Å². The maximum absolute atomic E-state index is 13.9. The van der Waals surface area contributed by atoms with Crippen LogP contribution in [0.25, 0.3) is 11.1 Å². The van der Waals surface area contributed by atoms with Crippen molar-refractivity contribution in [2.24, 2.45) is 0 Å². The van der Waals surface area contributed by atoms with Crippen LogP contribution in [0.1, 0.15) is 18.4 Å². The van der Waals surface area contributed by atoms with Crippen LogP contribution in [0, 0.1) is 5.82 Å². The number of rotatable bonds is 8. The monoisotopic (exact) mass is 428 g/mol. The highest BCUT2D eigenvalue weighted by Gasteiger charge is 2.20. The highest BCUT2D eigenvalue weighted by atomic mass is 19.1. The highest BCUT2D eigenvalue weighted by molar-refractivity contribution is 5.78. The summed E-state index contributed by atoms with van der Waals surface area (Å²) in [5.74, 6) is 1.31. The molecule has 6 nitrogen and oxygen atoms in total. The van der Waals surface area contributed by atoms with Gasteiger partial charge in [0, 0.05) is 43.7 Å². The molecule has 0 bridgehead atoms. The summed E-state index contributed by atoms with van der Waals surface area (Å²) in [6.45, 7) is 5.70. The van der Waals surface area contributed by atoms with Crippen LogP contribution in [0.4, 0.5) is 4.39 Å². The maximum atomic E-state index is 13.9. The second-order valence-electron chi connectivity index (χ2n) is 7.89. The van der Waals surface area contributed by atoms with Crippen molar-refractivity contribution in [1.82, 2.24) is 9.80 Å². The van der Waals surface area contributed by atoms with Gasteiger partial charge in [0.05, 0.1) is 26.9 Å². The molecule has 2 heterocycles. The molecule has 1 amide bonds. The second-order valence-corrected chi connectivity index (χ2v) is 7.89. The quantitative estimate of drug-likeness (QED) is 0.646. The van der Waals surface area contributed by atoms with Gasteiger partial charge in [-0.3, -0.25) is 9.69 Å². The van der Waals surface area contributed by atoms with E-state index in [1.54, 1.807) is 13.2 Å². The Kier molecular flexibility index (Phi) is 7.04. The van der Waals surface area contributed by atoms with Crippen molar-refractivity contribution < 1.29 is 23.4 Å². The lowest BCUT2D eigenvalue weighted by Crippen LogP contribution is -2.35. The van der Waals surface area contributed by atoms with Gasteiger partial charge in [-0.05, 0) is 42.3 Å². The molecule has 166 valence electrons. The molecule has 0 N–H and O–H groups in total. The Balaban J connectivity index is 1.56. The molecule has 2 aromatic carbocycles. The minimum absolute atomic E-state index is 0.200. The fourth-order valence-electron chi connectivity index (χ4n) is 4.12. The minimum Gasteiger partial charge on any atom is -0.496 e. The minimum atomic E-state index is -0.305. The average Bonchev–Trinajstić information content (AvgIpc) is 3.20. The molecule has 4 rings (SSSR count). The zero-order chi connectivity index (χ0) is 21.6. The number of methoxy groups -OCH3 is 1. The van der Waals surface area contributed by atoms with E-state index in [9.17, 15) is 9.18 Å². The Morgan fingerprint density at radius 3 is 2.61 bits per heavy atom. The smallest absolute Gasteiger partial charge is 0.222 e. The highest BCUT2D eigenvalue weighted by Crippen LogP contribution is 2.34. The van der Waals surface area contributed by atoms with E-state index in [-0.39, 0.29) is 11.7 Å². The fourth-order valence-corrected chi connectivity index (χ4v) is 4.12. The van der Waals surface area contributed by atoms with Gasteiger partial charge in [-0.25, -0.2) is 4.39 Å². The van der Waals surface area contributed by atoms with Crippen LogP contribution >= 0.6 is 0 Å². The van der Waals surface area contributed by atoms with Gasteiger partial charge in [0.1, 0.15) is 23.9 Å². The molecule has 0 spiro atoms. The lowest BCUT2D eigenvalue weighted by atomic mass is 10.0. The number of amides is 1. The average molecular weight is 429 g/mol. The first-order valence-electron chi connectivity index (χ1n) is 10.8. The lowest BCUT2D eigenvalue weighted by molar-refractivity contribution is -0.128. The molecule has 0 aromatic heterocycles. The van der Waals surface area contributed by atoms with Gasteiger partial charge in [0.25, 0.3) is 0 Å². The Morgan fingerprint density at radius 1 is 1.06 bits per heavy atom. The molecule has 0 aliphatic carbocycles. The first-order chi connectivity index (χ1) is 15.1. The van der Waals surface area contributed by atoms with Gasteiger partial charge in [-0.2, -0.15) is 0 Å². The number of nitrogens with zero attached hydrogens (tertiary/aromatic N) is 2. The van der Waals surface area contributed by atoms with Crippen molar-refractivity contribution in [3.63, 3.8) is 0 Å². The van der Waals surface area contributed by atoms with Gasteiger partial charge in [-0.1, -0.05) is 6.07 Å². The summed E-state index contributed by atoms with van der Waals surface area (Å²) in [6, 6.07) is 10.4. The molecular weight excluding hydrogens is 399 g/mol. The molecule has 0 atom stereocenters. The fraction of sp³-hybridized carbons (Fsp3) is 0.458. The van der Waals surface area contributed by atoms with Crippen LogP contribution in [0.2, 0.25) is 0 Å². The predicted octanol–water partition coefficient (Wildman–Crippen LogP) is 3.33. The third kappa shape index (κ3) is 5.35.